The van der Waals surface area contributed by atoms with E-state index in [0.717, 1.165) is 39.8 Å². The molecule has 0 fully saturated rings. The van der Waals surface area contributed by atoms with E-state index >= 15 is 0 Å². The third-order valence-electron chi connectivity index (χ3n) is 5.70. The van der Waals surface area contributed by atoms with Crippen molar-refractivity contribution in [3.05, 3.63) is 64.4 Å². The molecule has 1 aromatic carbocycles. The highest BCUT2D eigenvalue weighted by Crippen LogP contribution is 2.36. The molecule has 9 heteroatoms. The molecule has 8 nitrogen and oxygen atoms in total. The fraction of sp³-hybridized carbons (Fsp3) is 0.280. The number of hydrogen-bond acceptors (Lipinski definition) is 6. The Balaban J connectivity index is 1.57. The number of amides is 1. The summed E-state index contributed by atoms with van der Waals surface area (Å²) >= 11 is 3.48. The van der Waals surface area contributed by atoms with Gasteiger partial charge in [0.2, 0.25) is 0 Å². The molecule has 0 saturated heterocycles. The Kier molecular flexibility index (Phi) is 5.51. The van der Waals surface area contributed by atoms with Crippen LogP contribution in [0.5, 0.6) is 0 Å². The lowest BCUT2D eigenvalue weighted by Gasteiger charge is -2.22. The maximum Gasteiger partial charge on any atom is 0.408 e. The average Bonchev–Trinajstić information content (AvgIpc) is 3.33. The zero-order valence-corrected chi connectivity index (χ0v) is 20.8. The number of fused-ring (bicyclic) bond motifs is 2. The molecule has 4 aromatic rings. The van der Waals surface area contributed by atoms with Crippen LogP contribution in [-0.2, 0) is 11.2 Å². The first kappa shape index (κ1) is 22.3. The van der Waals surface area contributed by atoms with Crippen molar-refractivity contribution >= 4 is 39.0 Å². The summed E-state index contributed by atoms with van der Waals surface area (Å²) in [5, 5.41) is 3.00. The second-order valence-corrected chi connectivity index (χ2v) is 10.1. The monoisotopic (exact) mass is 520 g/mol. The number of nitrogens with zero attached hydrogens (tertiary/aromatic N) is 4. The number of benzene rings is 1. The number of nitrogen functional groups attached to an aromatic ring is 1. The van der Waals surface area contributed by atoms with Crippen molar-refractivity contribution in [3.8, 4) is 17.1 Å². The molecule has 0 spiro atoms. The zero-order valence-electron chi connectivity index (χ0n) is 19.2. The van der Waals surface area contributed by atoms with Crippen LogP contribution in [0.3, 0.4) is 0 Å². The number of pyridine rings is 2. The number of halogens is 1. The molecule has 1 amide bonds. The molecule has 1 aliphatic carbocycles. The molecule has 3 N–H and O–H groups in total. The van der Waals surface area contributed by atoms with E-state index in [4.69, 9.17) is 20.4 Å². The molecule has 1 atom stereocenters. The van der Waals surface area contributed by atoms with Crippen molar-refractivity contribution in [3.63, 3.8) is 0 Å². The highest BCUT2D eigenvalue weighted by molar-refractivity contribution is 9.10. The lowest BCUT2D eigenvalue weighted by atomic mass is 10.1. The van der Waals surface area contributed by atoms with Crippen molar-refractivity contribution in [2.45, 2.75) is 45.3 Å². The summed E-state index contributed by atoms with van der Waals surface area (Å²) in [5.74, 6) is 1.08. The van der Waals surface area contributed by atoms with Crippen molar-refractivity contribution in [1.82, 2.24) is 24.8 Å². The number of rotatable bonds is 3. The molecule has 0 bridgehead atoms. The van der Waals surface area contributed by atoms with E-state index in [9.17, 15) is 4.79 Å². The average molecular weight is 521 g/mol. The first-order valence-corrected chi connectivity index (χ1v) is 11.9. The molecule has 0 aliphatic heterocycles. The van der Waals surface area contributed by atoms with Crippen LogP contribution in [0.25, 0.3) is 28.2 Å². The van der Waals surface area contributed by atoms with Gasteiger partial charge in [0, 0.05) is 11.9 Å². The number of imidazole rings is 1. The van der Waals surface area contributed by atoms with Gasteiger partial charge in [-0.15, -0.1) is 0 Å². The number of ether oxygens (including phenoxy) is 1. The normalized spacial score (nSPS) is 15.4. The van der Waals surface area contributed by atoms with Gasteiger partial charge in [0.05, 0.1) is 11.6 Å². The number of aromatic nitrogens is 4. The van der Waals surface area contributed by atoms with Gasteiger partial charge < -0.3 is 15.8 Å². The van der Waals surface area contributed by atoms with E-state index < -0.39 is 11.7 Å². The van der Waals surface area contributed by atoms with Crippen LogP contribution in [0.2, 0.25) is 0 Å². The third kappa shape index (κ3) is 4.23. The van der Waals surface area contributed by atoms with Crippen molar-refractivity contribution in [2.24, 2.45) is 0 Å². The molecule has 0 unspecified atom stereocenters. The number of carbonyl (C=O) groups is 1. The van der Waals surface area contributed by atoms with E-state index in [1.807, 2.05) is 55.7 Å². The summed E-state index contributed by atoms with van der Waals surface area (Å²) in [5.41, 5.74) is 11.1. The smallest absolute Gasteiger partial charge is 0.408 e. The molecule has 0 saturated carbocycles. The number of anilines is 1. The van der Waals surface area contributed by atoms with Crippen LogP contribution in [0.15, 0.2) is 53.3 Å². The van der Waals surface area contributed by atoms with E-state index in [0.29, 0.717) is 17.3 Å². The first-order chi connectivity index (χ1) is 16.2. The number of carbonyl (C=O) groups excluding carboxylic acids is 1. The second-order valence-electron chi connectivity index (χ2n) is 9.30. The lowest BCUT2D eigenvalue weighted by molar-refractivity contribution is 0.0503. The number of alkyl carbamates (subject to hydrolysis) is 1. The zero-order chi connectivity index (χ0) is 24.0. The fourth-order valence-corrected chi connectivity index (χ4v) is 4.61. The second kappa shape index (κ2) is 8.39. The first-order valence-electron chi connectivity index (χ1n) is 11.1. The third-order valence-corrected chi connectivity index (χ3v) is 6.15. The summed E-state index contributed by atoms with van der Waals surface area (Å²) < 4.78 is 8.16. The van der Waals surface area contributed by atoms with Gasteiger partial charge in [-0.3, -0.25) is 4.57 Å². The topological polar surface area (TPSA) is 108 Å². The predicted octanol–water partition coefficient (Wildman–Crippen LogP) is 5.34. The molecule has 3 heterocycles. The quantitative estimate of drug-likeness (QED) is 0.353. The van der Waals surface area contributed by atoms with Crippen molar-refractivity contribution in [1.29, 1.82) is 0 Å². The van der Waals surface area contributed by atoms with Gasteiger partial charge in [-0.2, -0.15) is 0 Å². The maximum atomic E-state index is 12.3. The van der Waals surface area contributed by atoms with Crippen LogP contribution in [0.1, 0.15) is 44.4 Å². The van der Waals surface area contributed by atoms with E-state index in [2.05, 4.69) is 38.4 Å². The highest BCUT2D eigenvalue weighted by atomic mass is 79.9. The van der Waals surface area contributed by atoms with Crippen LogP contribution in [0.4, 0.5) is 10.6 Å². The molecule has 5 rings (SSSR count). The Morgan fingerprint density at radius 3 is 2.79 bits per heavy atom. The Hall–Kier alpha value is -3.46. The molecular formula is C25H25BrN6O2. The van der Waals surface area contributed by atoms with Gasteiger partial charge >= 0.3 is 6.09 Å². The molecule has 174 valence electrons. The van der Waals surface area contributed by atoms with Gasteiger partial charge in [-0.1, -0.05) is 6.07 Å². The van der Waals surface area contributed by atoms with Crippen molar-refractivity contribution in [2.75, 3.05) is 5.73 Å². The minimum atomic E-state index is -0.538. The Morgan fingerprint density at radius 1 is 1.21 bits per heavy atom. The van der Waals surface area contributed by atoms with Crippen LogP contribution >= 0.6 is 15.9 Å². The standard InChI is InChI=1S/C25H25BrN6O2/c1-25(2,3)34-24(33)30-18-9-6-14-13-15(7-8-16(14)18)32-22(17-5-4-12-28-21(17)27)29-19-10-11-20(26)31-23(19)32/h4-5,7-8,10-13,18H,6,9H2,1-3H3,(H2,27,28)(H,30,33)/t18-/m1/s1. The maximum absolute atomic E-state index is 12.3. The largest absolute Gasteiger partial charge is 0.444 e. The van der Waals surface area contributed by atoms with Gasteiger partial charge in [-0.05, 0) is 97.1 Å². The Morgan fingerprint density at radius 2 is 2.03 bits per heavy atom. The van der Waals surface area contributed by atoms with Gasteiger partial charge in [-0.25, -0.2) is 19.7 Å². The summed E-state index contributed by atoms with van der Waals surface area (Å²) in [4.78, 5) is 26.1. The summed E-state index contributed by atoms with van der Waals surface area (Å²) in [6.45, 7) is 5.57. The molecular weight excluding hydrogens is 496 g/mol. The molecule has 3 aromatic heterocycles. The summed E-state index contributed by atoms with van der Waals surface area (Å²) in [7, 11) is 0. The number of nitrogens with one attached hydrogen (secondary N) is 1. The lowest BCUT2D eigenvalue weighted by Crippen LogP contribution is -2.34. The highest BCUT2D eigenvalue weighted by Gasteiger charge is 2.27. The minimum absolute atomic E-state index is 0.0841. The SMILES string of the molecule is CC(C)(C)OC(=O)N[C@@H]1CCc2cc(-n3c(-c4cccnc4N)nc4ccc(Br)nc43)ccc21. The van der Waals surface area contributed by atoms with E-state index in [-0.39, 0.29) is 6.04 Å². The number of aryl methyl sites for hydroxylation is 1. The fourth-order valence-electron chi connectivity index (χ4n) is 4.31. The van der Waals surface area contributed by atoms with E-state index in [1.165, 1.54) is 5.56 Å². The van der Waals surface area contributed by atoms with Crippen LogP contribution in [-0.4, -0.2) is 31.2 Å². The molecule has 1 aliphatic rings. The van der Waals surface area contributed by atoms with Gasteiger partial charge in [0.1, 0.15) is 21.5 Å². The Labute approximate surface area is 205 Å². The minimum Gasteiger partial charge on any atom is -0.444 e. The van der Waals surface area contributed by atoms with Crippen molar-refractivity contribution < 1.29 is 9.53 Å². The molecule has 34 heavy (non-hydrogen) atoms. The Bertz CT molecular complexity index is 1410. The molecule has 0 radical (unpaired) electrons. The predicted molar refractivity (Wildman–Crippen MR) is 135 cm³/mol. The number of hydrogen-bond donors (Lipinski definition) is 2. The summed E-state index contributed by atoms with van der Waals surface area (Å²) in [6.07, 6.45) is 2.92. The van der Waals surface area contributed by atoms with Gasteiger partial charge in [0.15, 0.2) is 11.5 Å². The van der Waals surface area contributed by atoms with Gasteiger partial charge in [0.25, 0.3) is 0 Å². The van der Waals surface area contributed by atoms with E-state index in [1.54, 1.807) is 6.20 Å². The van der Waals surface area contributed by atoms with Crippen LogP contribution < -0.4 is 11.1 Å². The number of nitrogens with two attached hydrogens (primary N) is 1. The summed E-state index contributed by atoms with van der Waals surface area (Å²) in [6, 6.07) is 13.7. The van der Waals surface area contributed by atoms with Crippen LogP contribution in [0, 0.1) is 0 Å².